The van der Waals surface area contributed by atoms with E-state index >= 15 is 0 Å². The molecule has 0 heterocycles. The van der Waals surface area contributed by atoms with E-state index in [0.717, 1.165) is 24.8 Å². The van der Waals surface area contributed by atoms with Crippen molar-refractivity contribution in [2.24, 2.45) is 0 Å². The Morgan fingerprint density at radius 1 is 1.18 bits per heavy atom. The molecular weight excluding hydrogens is 214 g/mol. The van der Waals surface area contributed by atoms with Gasteiger partial charge in [-0.3, -0.25) is 0 Å². The van der Waals surface area contributed by atoms with Crippen molar-refractivity contribution in [2.45, 2.75) is 50.8 Å². The Kier molecular flexibility index (Phi) is 4.02. The van der Waals surface area contributed by atoms with Crippen molar-refractivity contribution < 1.29 is 10.2 Å². The number of aliphatic hydroxyl groups excluding tert-OH is 1. The van der Waals surface area contributed by atoms with Gasteiger partial charge in [-0.2, -0.15) is 0 Å². The van der Waals surface area contributed by atoms with Crippen LogP contribution in [-0.4, -0.2) is 22.4 Å². The van der Waals surface area contributed by atoms with Crippen molar-refractivity contribution in [1.29, 1.82) is 0 Å². The first kappa shape index (κ1) is 12.4. The number of phenols is 1. The second-order valence-corrected chi connectivity index (χ2v) is 4.94. The number of nitrogens with one attached hydrogen (secondary N) is 1. The lowest BCUT2D eigenvalue weighted by atomic mass is 9.91. The van der Waals surface area contributed by atoms with Gasteiger partial charge in [-0.05, 0) is 37.5 Å². The molecule has 1 saturated carbocycles. The Morgan fingerprint density at radius 3 is 2.47 bits per heavy atom. The zero-order valence-corrected chi connectivity index (χ0v) is 10.3. The second kappa shape index (κ2) is 5.52. The van der Waals surface area contributed by atoms with Gasteiger partial charge in [-0.1, -0.05) is 25.0 Å². The summed E-state index contributed by atoms with van der Waals surface area (Å²) in [4.78, 5) is 0. The third-order valence-electron chi connectivity index (χ3n) is 3.59. The summed E-state index contributed by atoms with van der Waals surface area (Å²) in [5.74, 6) is 0.290. The van der Waals surface area contributed by atoms with Gasteiger partial charge in [0.25, 0.3) is 0 Å². The van der Waals surface area contributed by atoms with E-state index in [1.54, 1.807) is 12.1 Å². The van der Waals surface area contributed by atoms with Crippen LogP contribution >= 0.6 is 0 Å². The molecule has 1 aromatic rings. The fourth-order valence-electron chi connectivity index (χ4n) is 2.49. The maximum atomic E-state index is 9.91. The summed E-state index contributed by atoms with van der Waals surface area (Å²) < 4.78 is 0. The smallest absolute Gasteiger partial charge is 0.115 e. The highest BCUT2D eigenvalue weighted by Gasteiger charge is 2.24. The highest BCUT2D eigenvalue weighted by Crippen LogP contribution is 2.22. The van der Waals surface area contributed by atoms with Crippen LogP contribution in [0, 0.1) is 0 Å². The largest absolute Gasteiger partial charge is 0.508 e. The molecule has 94 valence electrons. The summed E-state index contributed by atoms with van der Waals surface area (Å²) in [7, 11) is 0. The van der Waals surface area contributed by atoms with E-state index in [2.05, 4.69) is 12.2 Å². The van der Waals surface area contributed by atoms with Gasteiger partial charge in [0.2, 0.25) is 0 Å². The number of hydrogen-bond acceptors (Lipinski definition) is 3. The van der Waals surface area contributed by atoms with Gasteiger partial charge >= 0.3 is 0 Å². The summed E-state index contributed by atoms with van der Waals surface area (Å²) in [5.41, 5.74) is 1.14. The zero-order chi connectivity index (χ0) is 12.3. The lowest BCUT2D eigenvalue weighted by Gasteiger charge is -2.31. The molecule has 3 heteroatoms. The molecule has 1 fully saturated rings. The number of aromatic hydroxyl groups is 1. The standard InChI is InChI=1S/C14H21NO2/c1-10(11-6-8-12(16)9-7-11)15-13-4-2-3-5-14(13)17/h6-10,13-17H,2-5H2,1H3. The zero-order valence-electron chi connectivity index (χ0n) is 10.3. The van der Waals surface area contributed by atoms with Gasteiger partial charge < -0.3 is 15.5 Å². The fraction of sp³-hybridized carbons (Fsp3) is 0.571. The fourth-order valence-corrected chi connectivity index (χ4v) is 2.49. The molecule has 3 unspecified atom stereocenters. The molecule has 3 atom stereocenters. The van der Waals surface area contributed by atoms with Gasteiger partial charge in [0.1, 0.15) is 5.75 Å². The first-order chi connectivity index (χ1) is 8.16. The lowest BCUT2D eigenvalue weighted by molar-refractivity contribution is 0.0860. The van der Waals surface area contributed by atoms with Crippen LogP contribution in [0.4, 0.5) is 0 Å². The van der Waals surface area contributed by atoms with Gasteiger partial charge in [-0.25, -0.2) is 0 Å². The van der Waals surface area contributed by atoms with Crippen molar-refractivity contribution in [3.63, 3.8) is 0 Å². The van der Waals surface area contributed by atoms with Crippen LogP contribution in [0.3, 0.4) is 0 Å². The summed E-state index contributed by atoms with van der Waals surface area (Å²) in [6.45, 7) is 2.09. The normalized spacial score (nSPS) is 26.7. The molecule has 0 aromatic heterocycles. The Bertz CT molecular complexity index is 350. The van der Waals surface area contributed by atoms with Gasteiger partial charge in [0.15, 0.2) is 0 Å². The van der Waals surface area contributed by atoms with Crippen LogP contribution in [0.25, 0.3) is 0 Å². The highest BCUT2D eigenvalue weighted by molar-refractivity contribution is 5.27. The molecule has 1 aliphatic rings. The second-order valence-electron chi connectivity index (χ2n) is 4.94. The molecular formula is C14H21NO2. The minimum Gasteiger partial charge on any atom is -0.508 e. The molecule has 1 aliphatic carbocycles. The summed E-state index contributed by atoms with van der Waals surface area (Å²) in [6, 6.07) is 7.64. The molecule has 2 rings (SSSR count). The average molecular weight is 235 g/mol. The topological polar surface area (TPSA) is 52.5 Å². The summed E-state index contributed by atoms with van der Waals surface area (Å²) >= 11 is 0. The molecule has 1 aromatic carbocycles. The van der Waals surface area contributed by atoms with Gasteiger partial charge in [0.05, 0.1) is 6.10 Å². The van der Waals surface area contributed by atoms with E-state index in [0.29, 0.717) is 5.75 Å². The van der Waals surface area contributed by atoms with Crippen LogP contribution in [0.1, 0.15) is 44.2 Å². The van der Waals surface area contributed by atoms with Crippen LogP contribution in [0.15, 0.2) is 24.3 Å². The number of hydrogen-bond donors (Lipinski definition) is 3. The Morgan fingerprint density at radius 2 is 1.82 bits per heavy atom. The van der Waals surface area contributed by atoms with Crippen molar-refractivity contribution >= 4 is 0 Å². The molecule has 0 aliphatic heterocycles. The molecule has 3 N–H and O–H groups in total. The lowest BCUT2D eigenvalue weighted by Crippen LogP contribution is -2.43. The minimum absolute atomic E-state index is 0.201. The van der Waals surface area contributed by atoms with Crippen molar-refractivity contribution in [3.05, 3.63) is 29.8 Å². The van der Waals surface area contributed by atoms with E-state index in [9.17, 15) is 10.2 Å². The first-order valence-electron chi connectivity index (χ1n) is 6.40. The van der Waals surface area contributed by atoms with E-state index < -0.39 is 0 Å². The van der Waals surface area contributed by atoms with Crippen LogP contribution in [-0.2, 0) is 0 Å². The summed E-state index contributed by atoms with van der Waals surface area (Å²) in [6.07, 6.45) is 4.05. The highest BCUT2D eigenvalue weighted by atomic mass is 16.3. The number of aliphatic hydroxyl groups is 1. The number of benzene rings is 1. The molecule has 0 saturated heterocycles. The Balaban J connectivity index is 1.95. The Hall–Kier alpha value is -1.06. The third kappa shape index (κ3) is 3.20. The van der Waals surface area contributed by atoms with Crippen LogP contribution in [0.2, 0.25) is 0 Å². The van der Waals surface area contributed by atoms with Crippen LogP contribution in [0.5, 0.6) is 5.75 Å². The van der Waals surface area contributed by atoms with Crippen molar-refractivity contribution in [2.75, 3.05) is 0 Å². The van der Waals surface area contributed by atoms with Gasteiger partial charge in [0, 0.05) is 12.1 Å². The predicted molar refractivity (Wildman–Crippen MR) is 67.9 cm³/mol. The first-order valence-corrected chi connectivity index (χ1v) is 6.40. The third-order valence-corrected chi connectivity index (χ3v) is 3.59. The van der Waals surface area contributed by atoms with E-state index in [1.165, 1.54) is 6.42 Å². The maximum Gasteiger partial charge on any atom is 0.115 e. The average Bonchev–Trinajstić information content (AvgIpc) is 2.33. The predicted octanol–water partition coefficient (Wildman–Crippen LogP) is 2.35. The minimum atomic E-state index is -0.219. The van der Waals surface area contributed by atoms with E-state index in [4.69, 9.17) is 0 Å². The van der Waals surface area contributed by atoms with Crippen LogP contribution < -0.4 is 5.32 Å². The Labute approximate surface area is 102 Å². The molecule has 17 heavy (non-hydrogen) atoms. The number of rotatable bonds is 3. The van der Waals surface area contributed by atoms with Crippen molar-refractivity contribution in [3.8, 4) is 5.75 Å². The molecule has 3 nitrogen and oxygen atoms in total. The van der Waals surface area contributed by atoms with Crippen molar-refractivity contribution in [1.82, 2.24) is 5.32 Å². The van der Waals surface area contributed by atoms with Gasteiger partial charge in [-0.15, -0.1) is 0 Å². The van der Waals surface area contributed by atoms with E-state index in [-0.39, 0.29) is 18.2 Å². The number of phenolic OH excluding ortho intramolecular Hbond substituents is 1. The molecule has 0 radical (unpaired) electrons. The molecule has 0 amide bonds. The van der Waals surface area contributed by atoms with E-state index in [1.807, 2.05) is 12.1 Å². The molecule has 0 bridgehead atoms. The maximum absolute atomic E-state index is 9.91. The summed E-state index contributed by atoms with van der Waals surface area (Å²) in [5, 5.41) is 22.6. The monoisotopic (exact) mass is 235 g/mol. The SMILES string of the molecule is CC(NC1CCCCC1O)c1ccc(O)cc1. The molecule has 0 spiro atoms. The quantitative estimate of drug-likeness (QED) is 0.753.